The maximum Gasteiger partial charge on any atom is 0.255 e. The minimum atomic E-state index is -0.117. The van der Waals surface area contributed by atoms with Crippen molar-refractivity contribution >= 4 is 41.5 Å². The first kappa shape index (κ1) is 14.4. The van der Waals surface area contributed by atoms with Gasteiger partial charge in [-0.2, -0.15) is 0 Å². The van der Waals surface area contributed by atoms with Crippen molar-refractivity contribution in [2.75, 3.05) is 7.05 Å². The van der Waals surface area contributed by atoms with Gasteiger partial charge < -0.3 is 4.90 Å². The molecule has 2 rings (SSSR count). The molecule has 0 fully saturated rings. The minimum Gasteiger partial charge on any atom is -0.336 e. The predicted octanol–water partition coefficient (Wildman–Crippen LogP) is 3.67. The van der Waals surface area contributed by atoms with Gasteiger partial charge in [-0.15, -0.1) is 24.0 Å². The Morgan fingerprint density at radius 3 is 2.89 bits per heavy atom. The summed E-state index contributed by atoms with van der Waals surface area (Å²) in [6, 6.07) is 5.13. The molecule has 0 aliphatic heterocycles. The average molecular weight is 313 g/mol. The largest absolute Gasteiger partial charge is 0.336 e. The highest BCUT2D eigenvalue weighted by Crippen LogP contribution is 2.22. The van der Waals surface area contributed by atoms with Gasteiger partial charge in [-0.05, 0) is 25.1 Å². The Balaban J connectivity index is 2.19. The van der Waals surface area contributed by atoms with Crippen molar-refractivity contribution in [2.24, 2.45) is 0 Å². The molecule has 0 N–H and O–H groups in total. The summed E-state index contributed by atoms with van der Waals surface area (Å²) in [5.41, 5.74) is 3.21. The lowest BCUT2D eigenvalue weighted by Crippen LogP contribution is -2.26. The van der Waals surface area contributed by atoms with E-state index in [0.29, 0.717) is 17.1 Å². The van der Waals surface area contributed by atoms with E-state index in [9.17, 15) is 4.79 Å². The number of halogens is 1. The van der Waals surface area contributed by atoms with E-state index in [2.05, 4.69) is 17.6 Å². The maximum absolute atomic E-state index is 12.3. The lowest BCUT2D eigenvalue weighted by atomic mass is 10.2. The molecule has 0 aliphatic carbocycles. The zero-order valence-corrected chi connectivity index (χ0v) is 13.0. The van der Waals surface area contributed by atoms with Crippen molar-refractivity contribution in [3.05, 3.63) is 44.9 Å². The summed E-state index contributed by atoms with van der Waals surface area (Å²) in [4.78, 5) is 20.0. The van der Waals surface area contributed by atoms with Crippen molar-refractivity contribution in [3.63, 3.8) is 0 Å². The number of nitrogens with zero attached hydrogens (tertiary/aromatic N) is 2. The smallest absolute Gasteiger partial charge is 0.255 e. The van der Waals surface area contributed by atoms with Crippen LogP contribution < -0.4 is 0 Å². The summed E-state index contributed by atoms with van der Waals surface area (Å²) in [6.07, 6.45) is 0. The summed E-state index contributed by atoms with van der Waals surface area (Å²) in [6.45, 7) is 2.47. The van der Waals surface area contributed by atoms with Crippen molar-refractivity contribution in [1.82, 2.24) is 9.88 Å². The number of carbonyl (C=O) groups excluding carboxylic acids is 1. The predicted molar refractivity (Wildman–Crippen MR) is 81.4 cm³/mol. The fourth-order valence-electron chi connectivity index (χ4n) is 1.65. The lowest BCUT2D eigenvalue weighted by Gasteiger charge is -2.17. The van der Waals surface area contributed by atoms with Crippen LogP contribution in [0.5, 0.6) is 0 Å². The number of aromatic nitrogens is 1. The van der Waals surface area contributed by atoms with E-state index in [1.165, 1.54) is 0 Å². The second-order valence-corrected chi connectivity index (χ2v) is 6.05. The highest BCUT2D eigenvalue weighted by Gasteiger charge is 2.17. The number of thiol groups is 1. The zero-order valence-electron chi connectivity index (χ0n) is 10.6. The van der Waals surface area contributed by atoms with Gasteiger partial charge >= 0.3 is 0 Å². The van der Waals surface area contributed by atoms with Crippen LogP contribution in [0.4, 0.5) is 0 Å². The maximum atomic E-state index is 12.3. The van der Waals surface area contributed by atoms with Gasteiger partial charge in [0.2, 0.25) is 0 Å². The second kappa shape index (κ2) is 5.94. The first-order chi connectivity index (χ1) is 8.99. The summed E-state index contributed by atoms with van der Waals surface area (Å²) in [5, 5.41) is 0.440. The van der Waals surface area contributed by atoms with Crippen LogP contribution in [-0.2, 0) is 6.54 Å². The van der Waals surface area contributed by atoms with Gasteiger partial charge in [0, 0.05) is 16.8 Å². The summed E-state index contributed by atoms with van der Waals surface area (Å²) < 4.78 is 0. The summed E-state index contributed by atoms with van der Waals surface area (Å²) in [7, 11) is 1.75. The molecule has 0 aliphatic rings. The molecule has 2 aromatic rings. The Kier molecular flexibility index (Phi) is 4.50. The van der Waals surface area contributed by atoms with Crippen LogP contribution in [0, 0.1) is 6.92 Å². The molecule has 0 saturated heterocycles. The molecule has 0 saturated carbocycles. The topological polar surface area (TPSA) is 33.2 Å². The molecule has 0 atom stereocenters. The summed E-state index contributed by atoms with van der Waals surface area (Å²) in [5.74, 6) is -0.117. The van der Waals surface area contributed by atoms with E-state index >= 15 is 0 Å². The van der Waals surface area contributed by atoms with E-state index in [1.54, 1.807) is 47.0 Å². The van der Waals surface area contributed by atoms with Crippen LogP contribution in [0.1, 0.15) is 20.9 Å². The Bertz CT molecular complexity index is 612. The molecule has 19 heavy (non-hydrogen) atoms. The van der Waals surface area contributed by atoms with Crippen LogP contribution in [0.2, 0.25) is 5.02 Å². The van der Waals surface area contributed by atoms with Gasteiger partial charge in [-0.25, -0.2) is 4.98 Å². The first-order valence-electron chi connectivity index (χ1n) is 5.62. The number of hydrogen-bond donors (Lipinski definition) is 1. The van der Waals surface area contributed by atoms with Gasteiger partial charge in [0.1, 0.15) is 0 Å². The van der Waals surface area contributed by atoms with E-state index in [4.69, 9.17) is 11.6 Å². The molecule has 1 aromatic heterocycles. The van der Waals surface area contributed by atoms with Crippen LogP contribution in [-0.4, -0.2) is 22.8 Å². The van der Waals surface area contributed by atoms with Crippen molar-refractivity contribution < 1.29 is 4.79 Å². The molecular weight excluding hydrogens is 300 g/mol. The fraction of sp³-hybridized carbons (Fsp3) is 0.231. The third-order valence-electron chi connectivity index (χ3n) is 2.75. The van der Waals surface area contributed by atoms with E-state index in [1.807, 2.05) is 6.92 Å². The molecule has 0 spiro atoms. The van der Waals surface area contributed by atoms with E-state index in [-0.39, 0.29) is 5.91 Å². The quantitative estimate of drug-likeness (QED) is 0.877. The third kappa shape index (κ3) is 3.29. The molecule has 0 bridgehead atoms. The van der Waals surface area contributed by atoms with Gasteiger partial charge in [0.25, 0.3) is 5.91 Å². The second-order valence-electron chi connectivity index (χ2n) is 4.19. The molecule has 1 amide bonds. The number of carbonyl (C=O) groups is 1. The third-order valence-corrected chi connectivity index (χ3v) is 4.28. The number of amides is 1. The fourth-order valence-corrected chi connectivity index (χ4v) is 2.88. The SMILES string of the molecule is Cc1ncsc1CN(C)C(=O)c1cc(S)ccc1Cl. The number of thiazole rings is 1. The van der Waals surface area contributed by atoms with E-state index in [0.717, 1.165) is 15.5 Å². The Morgan fingerprint density at radius 2 is 2.26 bits per heavy atom. The average Bonchev–Trinajstić information content (AvgIpc) is 2.77. The van der Waals surface area contributed by atoms with Crippen LogP contribution in [0.25, 0.3) is 0 Å². The minimum absolute atomic E-state index is 0.117. The van der Waals surface area contributed by atoms with Crippen LogP contribution in [0.15, 0.2) is 28.6 Å². The first-order valence-corrected chi connectivity index (χ1v) is 7.32. The Labute approximate surface area is 126 Å². The van der Waals surface area contributed by atoms with Crippen molar-refractivity contribution in [1.29, 1.82) is 0 Å². The van der Waals surface area contributed by atoms with Gasteiger partial charge in [-0.1, -0.05) is 11.6 Å². The molecule has 1 heterocycles. The van der Waals surface area contributed by atoms with Crippen LogP contribution >= 0.6 is 35.6 Å². The number of hydrogen-bond acceptors (Lipinski definition) is 4. The monoisotopic (exact) mass is 312 g/mol. The lowest BCUT2D eigenvalue weighted by molar-refractivity contribution is 0.0786. The molecule has 0 unspecified atom stereocenters. The molecule has 1 aromatic carbocycles. The summed E-state index contributed by atoms with van der Waals surface area (Å²) >= 11 is 11.8. The molecular formula is C13H13ClN2OS2. The van der Waals surface area contributed by atoms with Gasteiger partial charge in [0.15, 0.2) is 0 Å². The van der Waals surface area contributed by atoms with Gasteiger partial charge in [0.05, 0.1) is 28.3 Å². The number of aryl methyl sites for hydroxylation is 1. The highest BCUT2D eigenvalue weighted by molar-refractivity contribution is 7.80. The standard InChI is InChI=1S/C13H13ClN2OS2/c1-8-12(19-7-15-8)6-16(2)13(17)10-5-9(18)3-4-11(10)14/h3-5,7,18H,6H2,1-2H3. The van der Waals surface area contributed by atoms with Gasteiger partial charge in [-0.3, -0.25) is 4.79 Å². The Morgan fingerprint density at radius 1 is 1.53 bits per heavy atom. The number of rotatable bonds is 3. The Hall–Kier alpha value is -1.04. The highest BCUT2D eigenvalue weighted by atomic mass is 35.5. The molecule has 6 heteroatoms. The molecule has 100 valence electrons. The zero-order chi connectivity index (χ0) is 14.0. The van der Waals surface area contributed by atoms with E-state index < -0.39 is 0 Å². The molecule has 3 nitrogen and oxygen atoms in total. The van der Waals surface area contributed by atoms with Crippen LogP contribution in [0.3, 0.4) is 0 Å². The van der Waals surface area contributed by atoms with Crippen molar-refractivity contribution in [2.45, 2.75) is 18.4 Å². The normalized spacial score (nSPS) is 10.5. The molecule has 0 radical (unpaired) electrons. The van der Waals surface area contributed by atoms with Crippen molar-refractivity contribution in [3.8, 4) is 0 Å². The number of benzene rings is 1.